The molecule has 1 unspecified atom stereocenters. The summed E-state index contributed by atoms with van der Waals surface area (Å²) in [6.07, 6.45) is 5.56. The van der Waals surface area contributed by atoms with Crippen molar-refractivity contribution in [2.24, 2.45) is 0 Å². The van der Waals surface area contributed by atoms with Gasteiger partial charge in [-0.1, -0.05) is 11.6 Å². The molecule has 9 nitrogen and oxygen atoms in total. The van der Waals surface area contributed by atoms with Crippen molar-refractivity contribution in [2.45, 2.75) is 19.7 Å². The summed E-state index contributed by atoms with van der Waals surface area (Å²) in [7, 11) is 0. The van der Waals surface area contributed by atoms with Crippen LogP contribution in [-0.4, -0.2) is 36.5 Å². The monoisotopic (exact) mass is 407 g/mol. The van der Waals surface area contributed by atoms with Crippen molar-refractivity contribution in [1.82, 2.24) is 19.6 Å². The Balaban J connectivity index is 1.59. The van der Waals surface area contributed by atoms with E-state index < -0.39 is 23.7 Å². The van der Waals surface area contributed by atoms with Gasteiger partial charge in [0, 0.05) is 6.20 Å². The molecule has 0 spiro atoms. The van der Waals surface area contributed by atoms with Crippen LogP contribution in [0.5, 0.6) is 5.75 Å². The lowest BCUT2D eigenvalue weighted by molar-refractivity contribution is -0.140. The predicted octanol–water partition coefficient (Wildman–Crippen LogP) is 2.81. The third kappa shape index (κ3) is 4.46. The van der Waals surface area contributed by atoms with Crippen LogP contribution in [0.25, 0.3) is 0 Å². The molecule has 1 atom stereocenters. The van der Waals surface area contributed by atoms with Crippen molar-refractivity contribution < 1.29 is 23.8 Å². The number of aliphatic carboxylic acids is 1. The summed E-state index contributed by atoms with van der Waals surface area (Å²) in [6.45, 7) is 1.45. The van der Waals surface area contributed by atoms with Gasteiger partial charge in [-0.3, -0.25) is 9.48 Å². The van der Waals surface area contributed by atoms with Crippen molar-refractivity contribution in [3.8, 4) is 5.75 Å². The molecule has 0 saturated heterocycles. The first kappa shape index (κ1) is 19.4. The van der Waals surface area contributed by atoms with E-state index in [0.717, 1.165) is 6.07 Å². The Morgan fingerprint density at radius 1 is 1.32 bits per heavy atom. The van der Waals surface area contributed by atoms with E-state index >= 15 is 0 Å². The lowest BCUT2D eigenvalue weighted by atomic mass is 10.3. The number of carboxylic acids is 1. The number of carbonyl (C=O) groups excluding carboxylic acids is 1. The summed E-state index contributed by atoms with van der Waals surface area (Å²) >= 11 is 5.89. The highest BCUT2D eigenvalue weighted by atomic mass is 35.5. The van der Waals surface area contributed by atoms with Gasteiger partial charge in [0.25, 0.3) is 5.91 Å². The fourth-order valence-electron chi connectivity index (χ4n) is 2.21. The number of nitrogens with one attached hydrogen (secondary N) is 1. The highest BCUT2D eigenvalue weighted by molar-refractivity contribution is 6.32. The van der Waals surface area contributed by atoms with Crippen molar-refractivity contribution in [2.75, 3.05) is 5.32 Å². The van der Waals surface area contributed by atoms with Crippen LogP contribution in [0.4, 0.5) is 10.1 Å². The largest absolute Gasteiger partial charge is 0.480 e. The molecule has 2 N–H and O–H groups in total. The third-order valence-electron chi connectivity index (χ3n) is 3.76. The molecule has 3 rings (SSSR count). The summed E-state index contributed by atoms with van der Waals surface area (Å²) in [5.41, 5.74) is 0.605. The SMILES string of the molecule is CC(C(=O)O)n1cc(C(=O)Nc2cnn(COc3ccc(F)cc3Cl)c2)cn1. The van der Waals surface area contributed by atoms with E-state index in [1.165, 1.54) is 53.2 Å². The quantitative estimate of drug-likeness (QED) is 0.623. The van der Waals surface area contributed by atoms with Gasteiger partial charge in [0.1, 0.15) is 17.6 Å². The minimum Gasteiger partial charge on any atom is -0.480 e. The van der Waals surface area contributed by atoms with Crippen LogP contribution in [0.3, 0.4) is 0 Å². The van der Waals surface area contributed by atoms with E-state index in [1.54, 1.807) is 0 Å². The molecule has 146 valence electrons. The van der Waals surface area contributed by atoms with Gasteiger partial charge in [-0.15, -0.1) is 0 Å². The molecular weight excluding hydrogens is 393 g/mol. The summed E-state index contributed by atoms with van der Waals surface area (Å²) in [4.78, 5) is 23.2. The highest BCUT2D eigenvalue weighted by Gasteiger charge is 2.17. The smallest absolute Gasteiger partial charge is 0.328 e. The molecule has 28 heavy (non-hydrogen) atoms. The molecule has 0 aliphatic rings. The number of rotatable bonds is 7. The number of aromatic nitrogens is 4. The standard InChI is InChI=1S/C17H15ClFN5O4/c1-10(17(26)27)24-7-11(5-21-24)16(25)22-13-6-20-23(8-13)9-28-15-3-2-12(19)4-14(15)18/h2-8,10H,9H2,1H3,(H,22,25)(H,26,27). The molecule has 0 saturated carbocycles. The lowest BCUT2D eigenvalue weighted by Crippen LogP contribution is -2.16. The Labute approximate surface area is 163 Å². The number of amides is 1. The van der Waals surface area contributed by atoms with Gasteiger partial charge in [0.15, 0.2) is 6.73 Å². The van der Waals surface area contributed by atoms with E-state index in [4.69, 9.17) is 21.4 Å². The summed E-state index contributed by atoms with van der Waals surface area (Å²) < 4.78 is 21.1. The van der Waals surface area contributed by atoms with Crippen LogP contribution in [0, 0.1) is 5.82 Å². The van der Waals surface area contributed by atoms with E-state index in [2.05, 4.69) is 15.5 Å². The van der Waals surface area contributed by atoms with E-state index in [0.29, 0.717) is 11.4 Å². The Kier molecular flexibility index (Phi) is 5.59. The fraction of sp³-hybridized carbons (Fsp3) is 0.176. The van der Waals surface area contributed by atoms with Crippen LogP contribution in [0.15, 0.2) is 43.0 Å². The maximum absolute atomic E-state index is 13.0. The number of hydrogen-bond donors (Lipinski definition) is 2. The van der Waals surface area contributed by atoms with Gasteiger partial charge in [-0.05, 0) is 25.1 Å². The molecule has 2 heterocycles. The van der Waals surface area contributed by atoms with Crippen LogP contribution in [0.2, 0.25) is 5.02 Å². The number of carboxylic acid groups (broad SMARTS) is 1. The summed E-state index contributed by atoms with van der Waals surface area (Å²) in [6, 6.07) is 2.87. The second-order valence-corrected chi connectivity index (χ2v) is 6.20. The highest BCUT2D eigenvalue weighted by Crippen LogP contribution is 2.25. The van der Waals surface area contributed by atoms with Crippen LogP contribution < -0.4 is 10.1 Å². The zero-order chi connectivity index (χ0) is 20.3. The van der Waals surface area contributed by atoms with E-state index in [9.17, 15) is 14.0 Å². The molecular formula is C17H15ClFN5O4. The molecule has 0 bridgehead atoms. The second-order valence-electron chi connectivity index (χ2n) is 5.79. The minimum absolute atomic E-state index is 0.00468. The maximum Gasteiger partial charge on any atom is 0.328 e. The number of nitrogens with zero attached hydrogens (tertiary/aromatic N) is 4. The second kappa shape index (κ2) is 8.09. The average molecular weight is 408 g/mol. The molecule has 2 aromatic heterocycles. The van der Waals surface area contributed by atoms with Gasteiger partial charge >= 0.3 is 5.97 Å². The summed E-state index contributed by atoms with van der Waals surface area (Å²) in [5, 5.41) is 19.7. The lowest BCUT2D eigenvalue weighted by Gasteiger charge is -2.07. The first-order valence-corrected chi connectivity index (χ1v) is 8.40. The fourth-order valence-corrected chi connectivity index (χ4v) is 2.43. The number of anilines is 1. The van der Waals surface area contributed by atoms with Crippen LogP contribution >= 0.6 is 11.6 Å². The van der Waals surface area contributed by atoms with Gasteiger partial charge in [0.2, 0.25) is 0 Å². The predicted molar refractivity (Wildman–Crippen MR) is 96.8 cm³/mol. The number of hydrogen-bond acceptors (Lipinski definition) is 5. The van der Waals surface area contributed by atoms with Gasteiger partial charge in [-0.2, -0.15) is 10.2 Å². The Morgan fingerprint density at radius 3 is 2.82 bits per heavy atom. The Hall–Kier alpha value is -3.40. The number of carbonyl (C=O) groups is 2. The maximum atomic E-state index is 13.0. The molecule has 3 aromatic rings. The first-order valence-electron chi connectivity index (χ1n) is 8.02. The number of ether oxygens (including phenoxy) is 1. The van der Waals surface area contributed by atoms with E-state index in [1.807, 2.05) is 0 Å². The van der Waals surface area contributed by atoms with Crippen LogP contribution in [-0.2, 0) is 11.5 Å². The topological polar surface area (TPSA) is 111 Å². The molecule has 1 aromatic carbocycles. The molecule has 0 aliphatic heterocycles. The molecule has 0 radical (unpaired) electrons. The zero-order valence-electron chi connectivity index (χ0n) is 14.5. The molecule has 0 aliphatic carbocycles. The number of halogens is 2. The van der Waals surface area contributed by atoms with Crippen molar-refractivity contribution in [3.63, 3.8) is 0 Å². The molecule has 0 fully saturated rings. The molecule has 1 amide bonds. The third-order valence-corrected chi connectivity index (χ3v) is 4.05. The zero-order valence-corrected chi connectivity index (χ0v) is 15.3. The van der Waals surface area contributed by atoms with Crippen molar-refractivity contribution >= 4 is 29.2 Å². The van der Waals surface area contributed by atoms with Gasteiger partial charge < -0.3 is 15.2 Å². The van der Waals surface area contributed by atoms with Gasteiger partial charge in [-0.25, -0.2) is 13.9 Å². The number of benzene rings is 1. The van der Waals surface area contributed by atoms with E-state index in [-0.39, 0.29) is 17.3 Å². The minimum atomic E-state index is -1.06. The normalized spacial score (nSPS) is 11.8. The average Bonchev–Trinajstić information content (AvgIpc) is 3.30. The summed E-state index contributed by atoms with van der Waals surface area (Å²) in [5.74, 6) is -1.70. The Bertz CT molecular complexity index is 1020. The van der Waals surface area contributed by atoms with Crippen molar-refractivity contribution in [3.05, 3.63) is 59.4 Å². The van der Waals surface area contributed by atoms with Crippen LogP contribution in [0.1, 0.15) is 23.3 Å². The first-order chi connectivity index (χ1) is 13.3. The van der Waals surface area contributed by atoms with Gasteiger partial charge in [0.05, 0.1) is 34.9 Å². The van der Waals surface area contributed by atoms with Crippen molar-refractivity contribution in [1.29, 1.82) is 0 Å². The Morgan fingerprint density at radius 2 is 2.11 bits per heavy atom. The molecule has 11 heteroatoms.